The molecule has 0 saturated heterocycles. The van der Waals surface area contributed by atoms with Gasteiger partial charge in [0.25, 0.3) is 5.91 Å². The maximum Gasteiger partial charge on any atom is 0.251 e. The first-order valence-corrected chi connectivity index (χ1v) is 7.40. The largest absolute Gasteiger partial charge is 0.386 e. The molecule has 0 aliphatic heterocycles. The molecule has 0 bridgehead atoms. The predicted molar refractivity (Wildman–Crippen MR) is 89.1 cm³/mol. The molecule has 5 heteroatoms. The molecule has 0 spiro atoms. The van der Waals surface area contributed by atoms with Crippen molar-refractivity contribution in [1.82, 2.24) is 5.32 Å². The lowest BCUT2D eigenvalue weighted by atomic mass is 10.0. The number of nitrogens with zero attached hydrogens (tertiary/aromatic N) is 1. The summed E-state index contributed by atoms with van der Waals surface area (Å²) in [7, 11) is 3.85. The minimum Gasteiger partial charge on any atom is -0.386 e. The van der Waals surface area contributed by atoms with E-state index in [1.54, 1.807) is 19.1 Å². The van der Waals surface area contributed by atoms with Crippen LogP contribution in [0.2, 0.25) is 0 Å². The van der Waals surface area contributed by atoms with Gasteiger partial charge >= 0.3 is 0 Å². The summed E-state index contributed by atoms with van der Waals surface area (Å²) in [5.74, 6) is -0.623. The van der Waals surface area contributed by atoms with Crippen molar-refractivity contribution in [3.05, 3.63) is 65.5 Å². The van der Waals surface area contributed by atoms with Crippen molar-refractivity contribution in [2.45, 2.75) is 19.1 Å². The van der Waals surface area contributed by atoms with Crippen LogP contribution in [0.1, 0.15) is 28.9 Å². The predicted octanol–water partition coefficient (Wildman–Crippen LogP) is 2.74. The van der Waals surface area contributed by atoms with Gasteiger partial charge in [0, 0.05) is 25.3 Å². The fourth-order valence-corrected chi connectivity index (χ4v) is 2.23. The number of carbonyl (C=O) groups excluding carboxylic acids is 1. The van der Waals surface area contributed by atoms with Crippen molar-refractivity contribution >= 4 is 11.6 Å². The van der Waals surface area contributed by atoms with Crippen LogP contribution in [0.15, 0.2) is 48.5 Å². The van der Waals surface area contributed by atoms with E-state index in [0.717, 1.165) is 5.69 Å². The first-order valence-electron chi connectivity index (χ1n) is 7.40. The first kappa shape index (κ1) is 17.0. The normalized spacial score (nSPS) is 13.3. The number of anilines is 1. The number of hydrogen-bond acceptors (Lipinski definition) is 3. The standard InChI is InChI=1S/C18H21FN2O2/c1-12(17(22)13-4-8-15(19)9-5-13)20-18(23)14-6-10-16(11-7-14)21(2)3/h4-12,17,22H,1-3H3,(H,20,23). The van der Waals surface area contributed by atoms with Crippen LogP contribution in [0.25, 0.3) is 0 Å². The van der Waals surface area contributed by atoms with Crippen molar-refractivity contribution in [2.75, 3.05) is 19.0 Å². The van der Waals surface area contributed by atoms with Crippen LogP contribution < -0.4 is 10.2 Å². The maximum absolute atomic E-state index is 12.9. The minimum absolute atomic E-state index is 0.260. The Morgan fingerprint density at radius 2 is 1.65 bits per heavy atom. The number of aliphatic hydroxyl groups excluding tert-OH is 1. The second-order valence-corrected chi connectivity index (χ2v) is 5.70. The summed E-state index contributed by atoms with van der Waals surface area (Å²) in [6.45, 7) is 1.71. The smallest absolute Gasteiger partial charge is 0.251 e. The molecule has 2 unspecified atom stereocenters. The number of aliphatic hydroxyl groups is 1. The molecule has 0 aromatic heterocycles. The molecule has 122 valence electrons. The van der Waals surface area contributed by atoms with Gasteiger partial charge in [-0.1, -0.05) is 12.1 Å². The zero-order valence-electron chi connectivity index (χ0n) is 13.5. The van der Waals surface area contributed by atoms with Gasteiger partial charge in [0.15, 0.2) is 0 Å². The van der Waals surface area contributed by atoms with Crippen molar-refractivity contribution in [3.63, 3.8) is 0 Å². The van der Waals surface area contributed by atoms with Gasteiger partial charge in [0.1, 0.15) is 5.82 Å². The Kier molecular flexibility index (Phi) is 5.34. The summed E-state index contributed by atoms with van der Waals surface area (Å²) < 4.78 is 12.9. The van der Waals surface area contributed by atoms with Crippen molar-refractivity contribution in [3.8, 4) is 0 Å². The van der Waals surface area contributed by atoms with Crippen LogP contribution in [0, 0.1) is 5.82 Å². The van der Waals surface area contributed by atoms with Gasteiger partial charge in [-0.3, -0.25) is 4.79 Å². The van der Waals surface area contributed by atoms with Gasteiger partial charge in [-0.25, -0.2) is 4.39 Å². The number of carbonyl (C=O) groups is 1. The van der Waals surface area contributed by atoms with E-state index in [4.69, 9.17) is 0 Å². The number of rotatable bonds is 5. The highest BCUT2D eigenvalue weighted by Gasteiger charge is 2.19. The van der Waals surface area contributed by atoms with E-state index >= 15 is 0 Å². The van der Waals surface area contributed by atoms with Crippen molar-refractivity contribution < 1.29 is 14.3 Å². The van der Waals surface area contributed by atoms with E-state index in [1.165, 1.54) is 24.3 Å². The quantitative estimate of drug-likeness (QED) is 0.892. The molecule has 2 aromatic rings. The number of amides is 1. The van der Waals surface area contributed by atoms with Gasteiger partial charge in [0.2, 0.25) is 0 Å². The van der Waals surface area contributed by atoms with Gasteiger partial charge in [-0.05, 0) is 48.9 Å². The molecule has 4 nitrogen and oxygen atoms in total. The Labute approximate surface area is 135 Å². The fraction of sp³-hybridized carbons (Fsp3) is 0.278. The van der Waals surface area contributed by atoms with Gasteiger partial charge in [-0.15, -0.1) is 0 Å². The molecule has 0 saturated carbocycles. The molecule has 23 heavy (non-hydrogen) atoms. The Morgan fingerprint density at radius 3 is 2.17 bits per heavy atom. The van der Waals surface area contributed by atoms with E-state index in [-0.39, 0.29) is 11.7 Å². The third-order valence-corrected chi connectivity index (χ3v) is 3.69. The summed E-state index contributed by atoms with van der Waals surface area (Å²) >= 11 is 0. The monoisotopic (exact) mass is 316 g/mol. The molecule has 0 aliphatic carbocycles. The Morgan fingerprint density at radius 1 is 1.09 bits per heavy atom. The first-order chi connectivity index (χ1) is 10.9. The summed E-state index contributed by atoms with van der Waals surface area (Å²) in [6.07, 6.45) is -0.902. The molecule has 2 aromatic carbocycles. The lowest BCUT2D eigenvalue weighted by Gasteiger charge is -2.21. The van der Waals surface area contributed by atoms with Crippen LogP contribution in [-0.2, 0) is 0 Å². The highest BCUT2D eigenvalue weighted by Crippen LogP contribution is 2.18. The average molecular weight is 316 g/mol. The van der Waals surface area contributed by atoms with Crippen molar-refractivity contribution in [1.29, 1.82) is 0 Å². The molecule has 0 fully saturated rings. The van der Waals surface area contributed by atoms with E-state index < -0.39 is 12.1 Å². The minimum atomic E-state index is -0.902. The summed E-state index contributed by atoms with van der Waals surface area (Å²) in [5.41, 5.74) is 2.08. The molecule has 0 heterocycles. The second kappa shape index (κ2) is 7.24. The third kappa shape index (κ3) is 4.29. The van der Waals surface area contributed by atoms with Gasteiger partial charge in [-0.2, -0.15) is 0 Å². The average Bonchev–Trinajstić information content (AvgIpc) is 2.54. The van der Waals surface area contributed by atoms with Crippen LogP contribution in [0.4, 0.5) is 10.1 Å². The SMILES string of the molecule is CC(NC(=O)c1ccc(N(C)C)cc1)C(O)c1ccc(F)cc1. The topological polar surface area (TPSA) is 52.6 Å². The van der Waals surface area contributed by atoms with E-state index in [0.29, 0.717) is 11.1 Å². The molecule has 0 aliphatic rings. The summed E-state index contributed by atoms with van der Waals surface area (Å²) in [5, 5.41) is 13.0. The third-order valence-electron chi connectivity index (χ3n) is 3.69. The molecular formula is C18H21FN2O2. The number of hydrogen-bond donors (Lipinski definition) is 2. The summed E-state index contributed by atoms with van der Waals surface area (Å²) in [6, 6.07) is 12.3. The van der Waals surface area contributed by atoms with Crippen LogP contribution in [0.5, 0.6) is 0 Å². The number of halogens is 1. The number of nitrogens with one attached hydrogen (secondary N) is 1. The van der Waals surface area contributed by atoms with Crippen LogP contribution in [0.3, 0.4) is 0 Å². The Balaban J connectivity index is 2.02. The Hall–Kier alpha value is -2.40. The lowest BCUT2D eigenvalue weighted by Crippen LogP contribution is -2.37. The van der Waals surface area contributed by atoms with E-state index in [2.05, 4.69) is 5.32 Å². The molecular weight excluding hydrogens is 295 g/mol. The lowest BCUT2D eigenvalue weighted by molar-refractivity contribution is 0.0852. The maximum atomic E-state index is 12.9. The van der Waals surface area contributed by atoms with Gasteiger partial charge < -0.3 is 15.3 Å². The van der Waals surface area contributed by atoms with E-state index in [1.807, 2.05) is 31.1 Å². The van der Waals surface area contributed by atoms with E-state index in [9.17, 15) is 14.3 Å². The zero-order chi connectivity index (χ0) is 17.0. The highest BCUT2D eigenvalue weighted by atomic mass is 19.1. The number of benzene rings is 2. The summed E-state index contributed by atoms with van der Waals surface area (Å²) in [4.78, 5) is 14.2. The zero-order valence-corrected chi connectivity index (χ0v) is 13.5. The van der Waals surface area contributed by atoms with Crippen LogP contribution in [-0.4, -0.2) is 31.2 Å². The fourth-order valence-electron chi connectivity index (χ4n) is 2.23. The molecule has 2 rings (SSSR count). The molecule has 2 N–H and O–H groups in total. The second-order valence-electron chi connectivity index (χ2n) is 5.70. The Bertz CT molecular complexity index is 654. The van der Waals surface area contributed by atoms with Gasteiger partial charge in [0.05, 0.1) is 12.1 Å². The highest BCUT2D eigenvalue weighted by molar-refractivity contribution is 5.94. The van der Waals surface area contributed by atoms with Crippen LogP contribution >= 0.6 is 0 Å². The molecule has 1 amide bonds. The molecule has 0 radical (unpaired) electrons. The molecule has 2 atom stereocenters. The van der Waals surface area contributed by atoms with Crippen molar-refractivity contribution in [2.24, 2.45) is 0 Å².